The number of sulfone groups is 1. The second kappa shape index (κ2) is 8.22. The number of aromatic nitrogens is 2. The molecule has 2 fully saturated rings. The summed E-state index contributed by atoms with van der Waals surface area (Å²) in [5.41, 5.74) is 2.19. The molecule has 5 rings (SSSR count). The normalized spacial score (nSPS) is 21.4. The first-order valence-corrected chi connectivity index (χ1v) is 13.1. The van der Waals surface area contributed by atoms with E-state index >= 15 is 0 Å². The van der Waals surface area contributed by atoms with Crippen LogP contribution in [-0.4, -0.2) is 77.6 Å². The molecule has 0 bridgehead atoms. The predicted octanol–water partition coefficient (Wildman–Crippen LogP) is 2.55. The van der Waals surface area contributed by atoms with Crippen molar-refractivity contribution in [1.29, 1.82) is 0 Å². The molecule has 2 aliphatic rings. The number of thiophene rings is 1. The van der Waals surface area contributed by atoms with E-state index < -0.39 is 9.84 Å². The third-order valence-corrected chi connectivity index (χ3v) is 8.67. The smallest absolute Gasteiger partial charge is 0.272 e. The van der Waals surface area contributed by atoms with Crippen LogP contribution in [0.2, 0.25) is 0 Å². The third kappa shape index (κ3) is 4.17. The Morgan fingerprint density at radius 3 is 2.45 bits per heavy atom. The van der Waals surface area contributed by atoms with E-state index in [9.17, 15) is 13.2 Å². The second-order valence-corrected chi connectivity index (χ2v) is 11.2. The lowest BCUT2D eigenvalue weighted by atomic mass is 10.2. The summed E-state index contributed by atoms with van der Waals surface area (Å²) in [7, 11) is -2.91. The molecule has 7 nitrogen and oxygen atoms in total. The molecule has 2 aliphatic heterocycles. The van der Waals surface area contributed by atoms with E-state index in [-0.39, 0.29) is 23.5 Å². The van der Waals surface area contributed by atoms with Crippen molar-refractivity contribution in [2.75, 3.05) is 37.7 Å². The maximum Gasteiger partial charge on any atom is 0.272 e. The molecule has 4 heterocycles. The minimum Gasteiger partial charge on any atom is -0.335 e. The fraction of sp³-hybridized carbons (Fsp3) is 0.364. The van der Waals surface area contributed by atoms with Crippen LogP contribution in [0.1, 0.15) is 16.9 Å². The standard InChI is InChI=1S/C22H24N4O3S2/c27-22(25-11-9-24(10-12-25)18-8-14-31(28,29)16-18)20-15-19(21-7-4-13-30-21)23-26(20)17-5-2-1-3-6-17/h1-7,13,15,18H,8-12,14,16H2. The molecule has 2 aromatic heterocycles. The van der Waals surface area contributed by atoms with E-state index in [1.54, 1.807) is 16.0 Å². The van der Waals surface area contributed by atoms with Crippen LogP contribution >= 0.6 is 11.3 Å². The van der Waals surface area contributed by atoms with Crippen molar-refractivity contribution < 1.29 is 13.2 Å². The molecule has 3 aromatic rings. The number of rotatable bonds is 4. The molecule has 0 N–H and O–H groups in total. The number of para-hydroxylation sites is 1. The van der Waals surface area contributed by atoms with Gasteiger partial charge in [0.2, 0.25) is 0 Å². The highest BCUT2D eigenvalue weighted by atomic mass is 32.2. The zero-order valence-corrected chi connectivity index (χ0v) is 18.7. The molecule has 9 heteroatoms. The maximum absolute atomic E-state index is 13.5. The van der Waals surface area contributed by atoms with Crippen molar-refractivity contribution in [2.45, 2.75) is 12.5 Å². The second-order valence-electron chi connectivity index (χ2n) is 8.02. The topological polar surface area (TPSA) is 75.5 Å². The zero-order chi connectivity index (χ0) is 21.4. The lowest BCUT2D eigenvalue weighted by Crippen LogP contribution is -2.52. The Hall–Kier alpha value is -2.49. The van der Waals surface area contributed by atoms with Crippen LogP contribution in [0.15, 0.2) is 53.9 Å². The Morgan fingerprint density at radius 1 is 1.03 bits per heavy atom. The highest BCUT2D eigenvalue weighted by Crippen LogP contribution is 2.27. The van der Waals surface area contributed by atoms with E-state index in [2.05, 4.69) is 4.90 Å². The minimum absolute atomic E-state index is 0.0437. The fourth-order valence-corrected chi connectivity index (χ4v) is 6.80. The first-order valence-electron chi connectivity index (χ1n) is 10.4. The molecule has 1 unspecified atom stereocenters. The number of carbonyl (C=O) groups is 1. The Balaban J connectivity index is 1.37. The maximum atomic E-state index is 13.5. The van der Waals surface area contributed by atoms with E-state index in [0.29, 0.717) is 38.3 Å². The molecule has 1 aromatic carbocycles. The summed E-state index contributed by atoms with van der Waals surface area (Å²) >= 11 is 1.60. The molecular formula is C22H24N4O3S2. The first-order chi connectivity index (χ1) is 15.0. The van der Waals surface area contributed by atoms with Gasteiger partial charge in [0, 0.05) is 32.2 Å². The quantitative estimate of drug-likeness (QED) is 0.603. The van der Waals surface area contributed by atoms with Crippen LogP contribution in [0.3, 0.4) is 0 Å². The number of carbonyl (C=O) groups excluding carboxylic acids is 1. The molecular weight excluding hydrogens is 432 g/mol. The monoisotopic (exact) mass is 456 g/mol. The number of hydrogen-bond acceptors (Lipinski definition) is 6. The average Bonchev–Trinajstić information content (AvgIpc) is 3.53. The minimum atomic E-state index is -2.91. The summed E-state index contributed by atoms with van der Waals surface area (Å²) in [5.74, 6) is 0.475. The lowest BCUT2D eigenvalue weighted by molar-refractivity contribution is 0.0579. The Labute approximate surface area is 185 Å². The van der Waals surface area contributed by atoms with Gasteiger partial charge in [-0.15, -0.1) is 11.3 Å². The largest absolute Gasteiger partial charge is 0.335 e. The summed E-state index contributed by atoms with van der Waals surface area (Å²) in [6.07, 6.45) is 0.696. The van der Waals surface area contributed by atoms with Crippen LogP contribution in [-0.2, 0) is 9.84 Å². The summed E-state index contributed by atoms with van der Waals surface area (Å²) in [4.78, 5) is 18.6. The van der Waals surface area contributed by atoms with Crippen molar-refractivity contribution in [3.8, 4) is 16.3 Å². The van der Waals surface area contributed by atoms with Gasteiger partial charge in [-0.05, 0) is 36.1 Å². The summed E-state index contributed by atoms with van der Waals surface area (Å²) in [6, 6.07) is 15.6. The zero-order valence-electron chi connectivity index (χ0n) is 17.1. The number of nitrogens with zero attached hydrogens (tertiary/aromatic N) is 4. The van der Waals surface area contributed by atoms with Crippen molar-refractivity contribution in [1.82, 2.24) is 19.6 Å². The average molecular weight is 457 g/mol. The first kappa shape index (κ1) is 20.4. The van der Waals surface area contributed by atoms with E-state index in [1.807, 2.05) is 58.8 Å². The van der Waals surface area contributed by atoms with Crippen LogP contribution < -0.4 is 0 Å². The summed E-state index contributed by atoms with van der Waals surface area (Å²) < 4.78 is 25.4. The van der Waals surface area contributed by atoms with Crippen LogP contribution in [0.25, 0.3) is 16.3 Å². The van der Waals surface area contributed by atoms with Gasteiger partial charge in [-0.1, -0.05) is 24.3 Å². The highest BCUT2D eigenvalue weighted by molar-refractivity contribution is 7.91. The predicted molar refractivity (Wildman–Crippen MR) is 121 cm³/mol. The van der Waals surface area contributed by atoms with Gasteiger partial charge in [-0.25, -0.2) is 13.1 Å². The highest BCUT2D eigenvalue weighted by Gasteiger charge is 2.35. The van der Waals surface area contributed by atoms with Gasteiger partial charge in [0.25, 0.3) is 5.91 Å². The van der Waals surface area contributed by atoms with Gasteiger partial charge in [0.05, 0.1) is 22.1 Å². The number of piperazine rings is 1. The van der Waals surface area contributed by atoms with Crippen LogP contribution in [0.4, 0.5) is 0 Å². The van der Waals surface area contributed by atoms with Crippen molar-refractivity contribution in [3.05, 3.63) is 59.6 Å². The van der Waals surface area contributed by atoms with Gasteiger partial charge in [-0.2, -0.15) is 5.10 Å². The molecule has 1 amide bonds. The molecule has 162 valence electrons. The lowest BCUT2D eigenvalue weighted by Gasteiger charge is -2.37. The SMILES string of the molecule is O=C(c1cc(-c2cccs2)nn1-c1ccccc1)N1CCN(C2CCS(=O)(=O)C2)CC1. The van der Waals surface area contributed by atoms with Gasteiger partial charge in [0.1, 0.15) is 11.4 Å². The van der Waals surface area contributed by atoms with Crippen molar-refractivity contribution >= 4 is 27.1 Å². The van der Waals surface area contributed by atoms with Gasteiger partial charge in [-0.3, -0.25) is 9.69 Å². The number of hydrogen-bond donors (Lipinski definition) is 0. The fourth-order valence-electron chi connectivity index (χ4n) is 4.36. The number of amides is 1. The molecule has 0 radical (unpaired) electrons. The van der Waals surface area contributed by atoms with Gasteiger partial charge in [0.15, 0.2) is 9.84 Å². The Morgan fingerprint density at radius 2 is 1.81 bits per heavy atom. The molecule has 0 saturated carbocycles. The van der Waals surface area contributed by atoms with Crippen LogP contribution in [0.5, 0.6) is 0 Å². The van der Waals surface area contributed by atoms with E-state index in [0.717, 1.165) is 16.3 Å². The molecule has 0 spiro atoms. The molecule has 0 aliphatic carbocycles. The van der Waals surface area contributed by atoms with E-state index in [1.165, 1.54) is 0 Å². The number of benzene rings is 1. The summed E-state index contributed by atoms with van der Waals surface area (Å²) in [6.45, 7) is 2.57. The molecule has 2 saturated heterocycles. The Kier molecular flexibility index (Phi) is 5.41. The Bertz CT molecular complexity index is 1160. The van der Waals surface area contributed by atoms with Gasteiger partial charge < -0.3 is 4.90 Å². The van der Waals surface area contributed by atoms with Gasteiger partial charge >= 0.3 is 0 Å². The molecule has 1 atom stereocenters. The van der Waals surface area contributed by atoms with Crippen LogP contribution in [0, 0.1) is 0 Å². The van der Waals surface area contributed by atoms with E-state index in [4.69, 9.17) is 5.10 Å². The van der Waals surface area contributed by atoms with Crippen molar-refractivity contribution in [2.24, 2.45) is 0 Å². The third-order valence-electron chi connectivity index (χ3n) is 6.03. The summed E-state index contributed by atoms with van der Waals surface area (Å²) in [5, 5.41) is 6.74. The van der Waals surface area contributed by atoms with Crippen molar-refractivity contribution in [3.63, 3.8) is 0 Å². The molecule has 31 heavy (non-hydrogen) atoms.